The quantitative estimate of drug-likeness (QED) is 0.413. The van der Waals surface area contributed by atoms with Crippen molar-refractivity contribution in [2.24, 2.45) is 20.5 Å². The molecule has 0 N–H and O–H groups in total. The smallest absolute Gasteiger partial charge is 0.0890 e. The SMILES string of the molecule is Cc1ccc(N=Nc2cc(C)c(N=Nc3ccc(N4CCOCC4)cc3)cc2C)cc1. The summed E-state index contributed by atoms with van der Waals surface area (Å²) >= 11 is 0. The molecule has 3 aromatic carbocycles. The summed E-state index contributed by atoms with van der Waals surface area (Å²) in [6.45, 7) is 9.49. The molecule has 0 atom stereocenters. The van der Waals surface area contributed by atoms with Crippen molar-refractivity contribution < 1.29 is 4.74 Å². The molecule has 1 heterocycles. The van der Waals surface area contributed by atoms with Crippen molar-refractivity contribution in [3.05, 3.63) is 77.4 Å². The monoisotopic (exact) mass is 413 g/mol. The van der Waals surface area contributed by atoms with Gasteiger partial charge in [-0.3, -0.25) is 0 Å². The van der Waals surface area contributed by atoms with Crippen LogP contribution in [-0.2, 0) is 4.74 Å². The van der Waals surface area contributed by atoms with Gasteiger partial charge in [0, 0.05) is 18.8 Å². The lowest BCUT2D eigenvalue weighted by Gasteiger charge is -2.28. The minimum absolute atomic E-state index is 0.778. The predicted octanol–water partition coefficient (Wildman–Crippen LogP) is 7.28. The molecule has 0 aromatic heterocycles. The third kappa shape index (κ3) is 5.41. The van der Waals surface area contributed by atoms with E-state index in [2.05, 4.69) is 44.4 Å². The van der Waals surface area contributed by atoms with Crippen molar-refractivity contribution in [2.75, 3.05) is 31.2 Å². The highest BCUT2D eigenvalue weighted by atomic mass is 16.5. The third-order valence-corrected chi connectivity index (χ3v) is 5.32. The maximum absolute atomic E-state index is 5.42. The Morgan fingerprint density at radius 2 is 1.13 bits per heavy atom. The number of hydrogen-bond acceptors (Lipinski definition) is 6. The normalized spacial score (nSPS) is 14.6. The van der Waals surface area contributed by atoms with Crippen molar-refractivity contribution in [1.82, 2.24) is 0 Å². The molecule has 31 heavy (non-hydrogen) atoms. The van der Waals surface area contributed by atoms with Crippen LogP contribution in [0.3, 0.4) is 0 Å². The largest absolute Gasteiger partial charge is 0.378 e. The molecular weight excluding hydrogens is 386 g/mol. The van der Waals surface area contributed by atoms with Crippen LogP contribution in [0.25, 0.3) is 0 Å². The number of hydrogen-bond donors (Lipinski definition) is 0. The Morgan fingerprint density at radius 3 is 1.65 bits per heavy atom. The second kappa shape index (κ2) is 9.62. The molecule has 0 amide bonds. The number of rotatable bonds is 5. The van der Waals surface area contributed by atoms with E-state index in [0.717, 1.165) is 60.2 Å². The van der Waals surface area contributed by atoms with Gasteiger partial charge in [-0.25, -0.2) is 0 Å². The second-order valence-corrected chi connectivity index (χ2v) is 7.78. The molecule has 1 fully saturated rings. The summed E-state index contributed by atoms with van der Waals surface area (Å²) in [5.41, 5.74) is 7.77. The Bertz CT molecular complexity index is 1080. The van der Waals surface area contributed by atoms with Crippen LogP contribution in [0.15, 0.2) is 81.1 Å². The molecule has 1 aliphatic heterocycles. The van der Waals surface area contributed by atoms with Crippen LogP contribution >= 0.6 is 0 Å². The Balaban J connectivity index is 1.46. The van der Waals surface area contributed by atoms with E-state index in [1.165, 1.54) is 11.3 Å². The van der Waals surface area contributed by atoms with Crippen LogP contribution in [0.4, 0.5) is 28.4 Å². The average molecular weight is 414 g/mol. The lowest BCUT2D eigenvalue weighted by atomic mass is 10.1. The summed E-state index contributed by atoms with van der Waals surface area (Å²) in [6, 6.07) is 20.2. The van der Waals surface area contributed by atoms with E-state index in [0.29, 0.717) is 0 Å². The first kappa shape index (κ1) is 20.9. The fourth-order valence-electron chi connectivity index (χ4n) is 3.39. The van der Waals surface area contributed by atoms with E-state index in [4.69, 9.17) is 4.74 Å². The molecule has 0 saturated carbocycles. The maximum atomic E-state index is 5.42. The minimum atomic E-state index is 0.778. The number of morpholine rings is 1. The summed E-state index contributed by atoms with van der Waals surface area (Å²) in [5.74, 6) is 0. The van der Waals surface area contributed by atoms with Gasteiger partial charge >= 0.3 is 0 Å². The van der Waals surface area contributed by atoms with Gasteiger partial charge in [-0.1, -0.05) is 17.7 Å². The third-order valence-electron chi connectivity index (χ3n) is 5.32. The zero-order valence-electron chi connectivity index (χ0n) is 18.2. The number of benzene rings is 3. The summed E-state index contributed by atoms with van der Waals surface area (Å²) in [5, 5.41) is 17.7. The molecule has 1 saturated heterocycles. The molecule has 158 valence electrons. The molecule has 6 heteroatoms. The highest BCUT2D eigenvalue weighted by Crippen LogP contribution is 2.31. The molecule has 0 spiro atoms. The van der Waals surface area contributed by atoms with Crippen LogP contribution in [0.5, 0.6) is 0 Å². The molecular formula is C25H27N5O. The van der Waals surface area contributed by atoms with Gasteiger partial charge in [-0.2, -0.15) is 20.5 Å². The van der Waals surface area contributed by atoms with Gasteiger partial charge in [-0.15, -0.1) is 0 Å². The van der Waals surface area contributed by atoms with Crippen molar-refractivity contribution in [2.45, 2.75) is 20.8 Å². The molecule has 3 aromatic rings. The Hall–Kier alpha value is -3.38. The highest BCUT2D eigenvalue weighted by Gasteiger charge is 2.10. The van der Waals surface area contributed by atoms with Crippen molar-refractivity contribution in [3.8, 4) is 0 Å². The van der Waals surface area contributed by atoms with Crippen molar-refractivity contribution in [1.29, 1.82) is 0 Å². The van der Waals surface area contributed by atoms with Gasteiger partial charge in [0.1, 0.15) is 0 Å². The standard InChI is InChI=1S/C25H27N5O/c1-18-4-6-21(7-5-18)26-28-24-16-20(3)25(17-19(24)2)29-27-22-8-10-23(11-9-22)30-12-14-31-15-13-30/h4-11,16-17H,12-15H2,1-3H3. The number of nitrogens with zero attached hydrogens (tertiary/aromatic N) is 5. The van der Waals surface area contributed by atoms with E-state index >= 15 is 0 Å². The Kier molecular flexibility index (Phi) is 6.48. The van der Waals surface area contributed by atoms with E-state index in [9.17, 15) is 0 Å². The molecule has 0 radical (unpaired) electrons. The molecule has 1 aliphatic rings. The number of aryl methyl sites for hydroxylation is 3. The first-order valence-electron chi connectivity index (χ1n) is 10.5. The van der Waals surface area contributed by atoms with Crippen molar-refractivity contribution >= 4 is 28.4 Å². The zero-order chi connectivity index (χ0) is 21.6. The van der Waals surface area contributed by atoms with Crippen LogP contribution in [0.2, 0.25) is 0 Å². The second-order valence-electron chi connectivity index (χ2n) is 7.78. The molecule has 0 unspecified atom stereocenters. The fraction of sp³-hybridized carbons (Fsp3) is 0.280. The number of azo groups is 2. The summed E-state index contributed by atoms with van der Waals surface area (Å²) in [6.07, 6.45) is 0. The lowest BCUT2D eigenvalue weighted by Crippen LogP contribution is -2.36. The van der Waals surface area contributed by atoms with Crippen molar-refractivity contribution in [3.63, 3.8) is 0 Å². The van der Waals surface area contributed by atoms with Gasteiger partial charge in [0.25, 0.3) is 0 Å². The number of anilines is 1. The summed E-state index contributed by atoms with van der Waals surface area (Å²) in [4.78, 5) is 2.32. The van der Waals surface area contributed by atoms with Crippen LogP contribution < -0.4 is 4.90 Å². The number of ether oxygens (including phenoxy) is 1. The lowest BCUT2D eigenvalue weighted by molar-refractivity contribution is 0.122. The predicted molar refractivity (Wildman–Crippen MR) is 125 cm³/mol. The van der Waals surface area contributed by atoms with Gasteiger partial charge in [-0.05, 0) is 80.4 Å². The first-order chi connectivity index (χ1) is 15.1. The van der Waals surface area contributed by atoms with Crippen LogP contribution in [0.1, 0.15) is 16.7 Å². The van der Waals surface area contributed by atoms with Crippen LogP contribution in [0, 0.1) is 20.8 Å². The van der Waals surface area contributed by atoms with Gasteiger partial charge in [0.2, 0.25) is 0 Å². The highest BCUT2D eigenvalue weighted by molar-refractivity contribution is 5.59. The minimum Gasteiger partial charge on any atom is -0.378 e. The van der Waals surface area contributed by atoms with E-state index in [1.807, 2.05) is 62.4 Å². The zero-order valence-corrected chi connectivity index (χ0v) is 18.2. The van der Waals surface area contributed by atoms with Gasteiger partial charge < -0.3 is 9.64 Å². The topological polar surface area (TPSA) is 61.9 Å². The van der Waals surface area contributed by atoms with E-state index in [1.54, 1.807) is 0 Å². The van der Waals surface area contributed by atoms with Crippen LogP contribution in [-0.4, -0.2) is 26.3 Å². The Labute approximate surface area is 183 Å². The Morgan fingerprint density at radius 1 is 0.645 bits per heavy atom. The molecule has 4 rings (SSSR count). The summed E-state index contributed by atoms with van der Waals surface area (Å²) < 4.78 is 5.42. The summed E-state index contributed by atoms with van der Waals surface area (Å²) in [7, 11) is 0. The fourth-order valence-corrected chi connectivity index (χ4v) is 3.39. The molecule has 6 nitrogen and oxygen atoms in total. The van der Waals surface area contributed by atoms with E-state index < -0.39 is 0 Å². The first-order valence-corrected chi connectivity index (χ1v) is 10.5. The van der Waals surface area contributed by atoms with E-state index in [-0.39, 0.29) is 0 Å². The van der Waals surface area contributed by atoms with Gasteiger partial charge in [0.05, 0.1) is 36.0 Å². The molecule has 0 bridgehead atoms. The molecule has 0 aliphatic carbocycles. The maximum Gasteiger partial charge on any atom is 0.0890 e. The average Bonchev–Trinajstić information content (AvgIpc) is 2.80. The van der Waals surface area contributed by atoms with Gasteiger partial charge in [0.15, 0.2) is 0 Å².